The molecule has 9 heteroatoms. The maximum absolute atomic E-state index is 11.9. The zero-order chi connectivity index (χ0) is 26.1. The molecule has 2 aliphatic rings. The van der Waals surface area contributed by atoms with E-state index >= 15 is 0 Å². The van der Waals surface area contributed by atoms with Crippen molar-refractivity contribution in [3.8, 4) is 0 Å². The second-order valence-corrected chi connectivity index (χ2v) is 11.7. The molecule has 2 amide bonds. The molecule has 9 nitrogen and oxygen atoms in total. The van der Waals surface area contributed by atoms with Crippen LogP contribution in [0.2, 0.25) is 0 Å². The van der Waals surface area contributed by atoms with Gasteiger partial charge in [-0.25, -0.2) is 9.59 Å². The molecule has 208 valence electrons. The van der Waals surface area contributed by atoms with Gasteiger partial charge in [0.2, 0.25) is 0 Å². The highest BCUT2D eigenvalue weighted by Crippen LogP contribution is 2.28. The van der Waals surface area contributed by atoms with Crippen LogP contribution in [0.4, 0.5) is 9.59 Å². The maximum atomic E-state index is 11.9. The van der Waals surface area contributed by atoms with Gasteiger partial charge in [-0.05, 0) is 85.0 Å². The third-order valence-electron chi connectivity index (χ3n) is 6.03. The predicted molar refractivity (Wildman–Crippen MR) is 139 cm³/mol. The Morgan fingerprint density at radius 3 is 1.63 bits per heavy atom. The molecule has 0 aromatic rings. The normalized spacial score (nSPS) is 24.4. The van der Waals surface area contributed by atoms with E-state index in [0.29, 0.717) is 24.9 Å². The van der Waals surface area contributed by atoms with Gasteiger partial charge in [-0.3, -0.25) is 0 Å². The van der Waals surface area contributed by atoms with Gasteiger partial charge in [0.15, 0.2) is 0 Å². The Morgan fingerprint density at radius 1 is 0.800 bits per heavy atom. The third kappa shape index (κ3) is 12.8. The Hall–Kier alpha value is -1.58. The van der Waals surface area contributed by atoms with Crippen molar-refractivity contribution in [2.45, 2.75) is 98.8 Å². The van der Waals surface area contributed by atoms with Crippen LogP contribution in [0.1, 0.15) is 81.6 Å². The van der Waals surface area contributed by atoms with Crippen molar-refractivity contribution in [1.29, 1.82) is 0 Å². The summed E-state index contributed by atoms with van der Waals surface area (Å²) in [6.07, 6.45) is 2.89. The summed E-state index contributed by atoms with van der Waals surface area (Å²) in [4.78, 5) is 27.2. The quantitative estimate of drug-likeness (QED) is 0.503. The molecule has 2 rings (SSSR count). The predicted octanol–water partition coefficient (Wildman–Crippen LogP) is 3.85. The molecule has 0 bridgehead atoms. The van der Waals surface area contributed by atoms with Crippen molar-refractivity contribution < 1.29 is 29.3 Å². The van der Waals surface area contributed by atoms with E-state index in [-0.39, 0.29) is 44.8 Å². The lowest BCUT2D eigenvalue weighted by atomic mass is 9.93. The van der Waals surface area contributed by atoms with Crippen LogP contribution in [-0.4, -0.2) is 88.8 Å². The smallest absolute Gasteiger partial charge is 0.410 e. The third-order valence-corrected chi connectivity index (χ3v) is 6.03. The van der Waals surface area contributed by atoms with E-state index in [1.807, 2.05) is 41.5 Å². The molecule has 0 unspecified atom stereocenters. The van der Waals surface area contributed by atoms with E-state index in [1.165, 1.54) is 0 Å². The monoisotopic (exact) mass is 503 g/mol. The fourth-order valence-electron chi connectivity index (χ4n) is 4.27. The van der Waals surface area contributed by atoms with E-state index in [9.17, 15) is 9.59 Å². The fourth-order valence-corrected chi connectivity index (χ4v) is 4.27. The number of amides is 2. The molecule has 2 saturated heterocycles. The van der Waals surface area contributed by atoms with Gasteiger partial charge in [0.1, 0.15) is 11.2 Å². The minimum atomic E-state index is -0.468. The maximum Gasteiger partial charge on any atom is 0.410 e. The zero-order valence-corrected chi connectivity index (χ0v) is 22.4. The number of aliphatic hydroxyl groups excluding tert-OH is 2. The minimum absolute atomic E-state index is 0. The number of carbonyl (C=O) groups is 2. The van der Waals surface area contributed by atoms with E-state index in [4.69, 9.17) is 25.4 Å². The molecular weight excluding hydrogens is 450 g/mol. The molecule has 0 saturated carbocycles. The van der Waals surface area contributed by atoms with Gasteiger partial charge in [-0.1, -0.05) is 14.4 Å². The standard InChI is InChI=1S/C13H25NO3.C12H24N2O3.CH4/c1-10-8-14(9-11(10)6-5-7-15)12(16)17-13(2,3)4;1-12(2,3)17-11(16)14-7-9(5-4-6-15)10(13)8-14;/h10-11,15H,5-9H2,1-4H3;9-10,15H,4-8,13H2,1-3H3;1H4/t10-,11-;9-,10-;/m11./s1. The first-order valence-corrected chi connectivity index (χ1v) is 12.6. The molecule has 4 N–H and O–H groups in total. The Balaban J connectivity index is 0.000000642. The number of aliphatic hydroxyl groups is 2. The molecule has 0 aromatic heterocycles. The zero-order valence-electron chi connectivity index (χ0n) is 22.4. The molecule has 4 atom stereocenters. The fraction of sp³-hybridized carbons (Fsp3) is 0.923. The van der Waals surface area contributed by atoms with E-state index in [2.05, 4.69) is 6.92 Å². The second-order valence-electron chi connectivity index (χ2n) is 11.7. The number of likely N-dealkylation sites (tertiary alicyclic amines) is 2. The Labute approximate surface area is 213 Å². The summed E-state index contributed by atoms with van der Waals surface area (Å²) in [5.74, 6) is 1.26. The van der Waals surface area contributed by atoms with Crippen LogP contribution in [0.15, 0.2) is 0 Å². The van der Waals surface area contributed by atoms with Crippen molar-refractivity contribution >= 4 is 12.2 Å². The second kappa shape index (κ2) is 14.9. The highest BCUT2D eigenvalue weighted by molar-refractivity contribution is 5.69. The summed E-state index contributed by atoms with van der Waals surface area (Å²) in [6.45, 7) is 16.5. The molecule has 2 fully saturated rings. The van der Waals surface area contributed by atoms with Crippen LogP contribution in [-0.2, 0) is 9.47 Å². The van der Waals surface area contributed by atoms with E-state index < -0.39 is 11.2 Å². The molecule has 0 radical (unpaired) electrons. The first-order valence-electron chi connectivity index (χ1n) is 12.6. The van der Waals surface area contributed by atoms with Crippen molar-refractivity contribution in [2.24, 2.45) is 23.5 Å². The topological polar surface area (TPSA) is 126 Å². The lowest BCUT2D eigenvalue weighted by molar-refractivity contribution is 0.0274. The van der Waals surface area contributed by atoms with Crippen LogP contribution in [0, 0.1) is 17.8 Å². The molecule has 2 heterocycles. The molecule has 0 spiro atoms. The molecule has 35 heavy (non-hydrogen) atoms. The molecule has 0 aliphatic carbocycles. The first-order chi connectivity index (χ1) is 15.7. The van der Waals surface area contributed by atoms with Gasteiger partial charge in [0, 0.05) is 45.4 Å². The van der Waals surface area contributed by atoms with Crippen LogP contribution >= 0.6 is 0 Å². The van der Waals surface area contributed by atoms with Crippen LogP contribution in [0.25, 0.3) is 0 Å². The summed E-state index contributed by atoms with van der Waals surface area (Å²) in [7, 11) is 0. The van der Waals surface area contributed by atoms with Crippen molar-refractivity contribution in [2.75, 3.05) is 39.4 Å². The minimum Gasteiger partial charge on any atom is -0.444 e. The van der Waals surface area contributed by atoms with Gasteiger partial charge < -0.3 is 35.2 Å². The largest absolute Gasteiger partial charge is 0.444 e. The van der Waals surface area contributed by atoms with Crippen molar-refractivity contribution in [1.82, 2.24) is 9.80 Å². The average Bonchev–Trinajstić information content (AvgIpc) is 3.25. The number of nitrogens with two attached hydrogens (primary N) is 1. The summed E-state index contributed by atoms with van der Waals surface area (Å²) in [5, 5.41) is 17.6. The van der Waals surface area contributed by atoms with Gasteiger partial charge in [0.05, 0.1) is 0 Å². The van der Waals surface area contributed by atoms with Crippen LogP contribution < -0.4 is 5.73 Å². The number of nitrogens with zero attached hydrogens (tertiary/aromatic N) is 2. The van der Waals surface area contributed by atoms with E-state index in [0.717, 1.165) is 38.8 Å². The lowest BCUT2D eigenvalue weighted by Gasteiger charge is -2.24. The van der Waals surface area contributed by atoms with Gasteiger partial charge in [-0.2, -0.15) is 0 Å². The number of hydrogen-bond acceptors (Lipinski definition) is 7. The molecular formula is C26H53N3O6. The summed E-state index contributed by atoms with van der Waals surface area (Å²) < 4.78 is 10.7. The highest BCUT2D eigenvalue weighted by Gasteiger charge is 2.35. The Bertz CT molecular complexity index is 578. The Kier molecular flexibility index (Phi) is 14.2. The average molecular weight is 504 g/mol. The van der Waals surface area contributed by atoms with Crippen molar-refractivity contribution in [3.63, 3.8) is 0 Å². The Morgan fingerprint density at radius 2 is 1.20 bits per heavy atom. The molecule has 0 aromatic carbocycles. The summed E-state index contributed by atoms with van der Waals surface area (Å²) >= 11 is 0. The van der Waals surface area contributed by atoms with Gasteiger partial charge >= 0.3 is 12.2 Å². The van der Waals surface area contributed by atoms with Crippen LogP contribution in [0.3, 0.4) is 0 Å². The van der Waals surface area contributed by atoms with Crippen LogP contribution in [0.5, 0.6) is 0 Å². The SMILES string of the molecule is C.CC(C)(C)OC(=O)N1C[C@@H](CCCO)[C@H](N)C1.C[C@@H]1CN(C(=O)OC(C)(C)C)C[C@H]1CCCO. The summed E-state index contributed by atoms with van der Waals surface area (Å²) in [6, 6.07) is -0.00549. The van der Waals surface area contributed by atoms with E-state index in [1.54, 1.807) is 9.80 Å². The lowest BCUT2D eigenvalue weighted by Crippen LogP contribution is -2.36. The van der Waals surface area contributed by atoms with Gasteiger partial charge in [-0.15, -0.1) is 0 Å². The van der Waals surface area contributed by atoms with Gasteiger partial charge in [0.25, 0.3) is 0 Å². The van der Waals surface area contributed by atoms with Crippen molar-refractivity contribution in [3.05, 3.63) is 0 Å². The number of carbonyl (C=O) groups excluding carboxylic acids is 2. The number of ether oxygens (including phenoxy) is 2. The summed E-state index contributed by atoms with van der Waals surface area (Å²) in [5.41, 5.74) is 5.09. The number of hydrogen-bond donors (Lipinski definition) is 3. The molecule has 2 aliphatic heterocycles. The number of rotatable bonds is 6. The first kappa shape index (κ1) is 33.4. The highest BCUT2D eigenvalue weighted by atomic mass is 16.6.